The molecule has 1 N–H and O–H groups in total. The molecular formula is C17H13ClF3NO. The monoisotopic (exact) mass is 339 g/mol. The van der Waals surface area contributed by atoms with E-state index in [1.54, 1.807) is 12.1 Å². The van der Waals surface area contributed by atoms with Crippen molar-refractivity contribution in [1.29, 1.82) is 0 Å². The largest absolute Gasteiger partial charge is 0.416 e. The quantitative estimate of drug-likeness (QED) is 0.753. The highest BCUT2D eigenvalue weighted by molar-refractivity contribution is 6.32. The van der Waals surface area contributed by atoms with E-state index in [0.29, 0.717) is 5.69 Å². The Kier molecular flexibility index (Phi) is 5.11. The number of alkyl halides is 3. The Hall–Kier alpha value is -2.27. The summed E-state index contributed by atoms with van der Waals surface area (Å²) in [6, 6.07) is 10.1. The minimum absolute atomic E-state index is 0.126. The Balaban J connectivity index is 2.13. The molecule has 1 amide bonds. The van der Waals surface area contributed by atoms with Gasteiger partial charge in [-0.25, -0.2) is 0 Å². The number of halogens is 4. The lowest BCUT2D eigenvalue weighted by atomic mass is 10.1. The average molecular weight is 340 g/mol. The van der Waals surface area contributed by atoms with Crippen molar-refractivity contribution in [3.63, 3.8) is 0 Å². The van der Waals surface area contributed by atoms with Crippen LogP contribution >= 0.6 is 11.6 Å². The van der Waals surface area contributed by atoms with Crippen LogP contribution in [0.4, 0.5) is 18.9 Å². The van der Waals surface area contributed by atoms with E-state index in [0.717, 1.165) is 29.8 Å². The molecule has 0 aliphatic heterocycles. The number of aryl methyl sites for hydroxylation is 1. The van der Waals surface area contributed by atoms with Crippen LogP contribution in [0.5, 0.6) is 0 Å². The summed E-state index contributed by atoms with van der Waals surface area (Å²) in [6.45, 7) is 1.92. The summed E-state index contributed by atoms with van der Waals surface area (Å²) in [4.78, 5) is 11.8. The molecule has 2 aromatic carbocycles. The molecule has 6 heteroatoms. The summed E-state index contributed by atoms with van der Waals surface area (Å²) in [7, 11) is 0. The smallest absolute Gasteiger partial charge is 0.323 e. The summed E-state index contributed by atoms with van der Waals surface area (Å²) in [6.07, 6.45) is -2.07. The molecule has 0 spiro atoms. The molecule has 0 aliphatic rings. The second-order valence-corrected chi connectivity index (χ2v) is 5.33. The predicted octanol–water partition coefficient (Wildman–Crippen LogP) is 5.32. The molecule has 2 rings (SSSR count). The molecule has 0 aromatic heterocycles. The first kappa shape index (κ1) is 17.1. The van der Waals surface area contributed by atoms with Crippen molar-refractivity contribution in [2.24, 2.45) is 0 Å². The van der Waals surface area contributed by atoms with E-state index in [-0.39, 0.29) is 10.6 Å². The van der Waals surface area contributed by atoms with Gasteiger partial charge < -0.3 is 5.32 Å². The van der Waals surface area contributed by atoms with Gasteiger partial charge in [-0.15, -0.1) is 0 Å². The molecule has 2 aromatic rings. The first-order chi connectivity index (χ1) is 10.8. The lowest BCUT2D eigenvalue weighted by Crippen LogP contribution is -2.07. The number of anilines is 1. The molecule has 0 heterocycles. The zero-order valence-corrected chi connectivity index (χ0v) is 12.9. The van der Waals surface area contributed by atoms with Gasteiger partial charge in [0.1, 0.15) is 0 Å². The van der Waals surface area contributed by atoms with Crippen LogP contribution in [0.25, 0.3) is 6.08 Å². The van der Waals surface area contributed by atoms with Gasteiger partial charge in [0.2, 0.25) is 5.91 Å². The third-order valence-corrected chi connectivity index (χ3v) is 3.40. The normalized spacial score (nSPS) is 11.7. The molecule has 0 saturated heterocycles. The molecule has 0 saturated carbocycles. The van der Waals surface area contributed by atoms with Gasteiger partial charge >= 0.3 is 6.18 Å². The van der Waals surface area contributed by atoms with E-state index < -0.39 is 17.6 Å². The first-order valence-corrected chi connectivity index (χ1v) is 7.06. The minimum atomic E-state index is -4.46. The van der Waals surface area contributed by atoms with Crippen molar-refractivity contribution in [1.82, 2.24) is 0 Å². The van der Waals surface area contributed by atoms with E-state index in [9.17, 15) is 18.0 Å². The van der Waals surface area contributed by atoms with Crippen molar-refractivity contribution in [3.8, 4) is 0 Å². The molecule has 0 atom stereocenters. The van der Waals surface area contributed by atoms with Gasteiger partial charge in [-0.05, 0) is 48.9 Å². The van der Waals surface area contributed by atoms with Crippen LogP contribution in [-0.4, -0.2) is 5.91 Å². The zero-order chi connectivity index (χ0) is 17.0. The Morgan fingerprint density at radius 1 is 1.13 bits per heavy atom. The number of carbonyl (C=O) groups is 1. The van der Waals surface area contributed by atoms with Crippen LogP contribution in [0.1, 0.15) is 16.7 Å². The van der Waals surface area contributed by atoms with Gasteiger partial charge in [0.25, 0.3) is 0 Å². The lowest BCUT2D eigenvalue weighted by molar-refractivity contribution is -0.137. The highest BCUT2D eigenvalue weighted by atomic mass is 35.5. The Morgan fingerprint density at radius 2 is 1.78 bits per heavy atom. The number of amides is 1. The summed E-state index contributed by atoms with van der Waals surface area (Å²) >= 11 is 5.86. The van der Waals surface area contributed by atoms with E-state index in [1.807, 2.05) is 19.1 Å². The number of hydrogen-bond acceptors (Lipinski definition) is 1. The van der Waals surface area contributed by atoms with E-state index in [1.165, 1.54) is 6.08 Å². The number of rotatable bonds is 3. The second-order valence-electron chi connectivity index (χ2n) is 4.92. The molecule has 0 aliphatic carbocycles. The first-order valence-electron chi connectivity index (χ1n) is 6.68. The van der Waals surface area contributed by atoms with Crippen LogP contribution in [-0.2, 0) is 11.0 Å². The summed E-state index contributed by atoms with van der Waals surface area (Å²) < 4.78 is 38.0. The fourth-order valence-corrected chi connectivity index (χ4v) is 2.01. The predicted molar refractivity (Wildman–Crippen MR) is 85.3 cm³/mol. The molecule has 2 nitrogen and oxygen atoms in total. The third kappa shape index (κ3) is 4.86. The van der Waals surface area contributed by atoms with Crippen LogP contribution in [0.3, 0.4) is 0 Å². The number of nitrogens with one attached hydrogen (secondary N) is 1. The van der Waals surface area contributed by atoms with Gasteiger partial charge in [0.15, 0.2) is 0 Å². The van der Waals surface area contributed by atoms with Gasteiger partial charge in [-0.3, -0.25) is 4.79 Å². The summed E-state index contributed by atoms with van der Waals surface area (Å²) in [5.41, 5.74) is 0.954. The van der Waals surface area contributed by atoms with Crippen molar-refractivity contribution < 1.29 is 18.0 Å². The Bertz CT molecular complexity index is 736. The Morgan fingerprint density at radius 3 is 2.39 bits per heavy atom. The molecular weight excluding hydrogens is 327 g/mol. The molecule has 0 bridgehead atoms. The molecule has 120 valence electrons. The van der Waals surface area contributed by atoms with Crippen LogP contribution in [0.15, 0.2) is 48.5 Å². The lowest BCUT2D eigenvalue weighted by Gasteiger charge is -2.08. The fraction of sp³-hybridized carbons (Fsp3) is 0.118. The average Bonchev–Trinajstić information content (AvgIpc) is 2.47. The maximum atomic E-state index is 12.7. The highest BCUT2D eigenvalue weighted by Gasteiger charge is 2.30. The second kappa shape index (κ2) is 6.87. The van der Waals surface area contributed by atoms with Crippen LogP contribution in [0, 0.1) is 6.92 Å². The van der Waals surface area contributed by atoms with Crippen molar-refractivity contribution in [3.05, 3.63) is 70.3 Å². The fourth-order valence-electron chi connectivity index (χ4n) is 1.83. The SMILES string of the molecule is Cc1ccc(NC(=O)/C=C/c2cc(C(F)(F)F)ccc2Cl)cc1. The van der Waals surface area contributed by atoms with E-state index in [2.05, 4.69) is 5.32 Å². The number of hydrogen-bond donors (Lipinski definition) is 1. The van der Waals surface area contributed by atoms with E-state index >= 15 is 0 Å². The van der Waals surface area contributed by atoms with Gasteiger partial charge in [-0.1, -0.05) is 29.3 Å². The van der Waals surface area contributed by atoms with Crippen molar-refractivity contribution >= 4 is 29.3 Å². The van der Waals surface area contributed by atoms with Crippen LogP contribution < -0.4 is 5.32 Å². The van der Waals surface area contributed by atoms with Crippen molar-refractivity contribution in [2.45, 2.75) is 13.1 Å². The van der Waals surface area contributed by atoms with Gasteiger partial charge in [0, 0.05) is 16.8 Å². The van der Waals surface area contributed by atoms with Gasteiger partial charge in [-0.2, -0.15) is 13.2 Å². The van der Waals surface area contributed by atoms with Crippen molar-refractivity contribution in [2.75, 3.05) is 5.32 Å². The van der Waals surface area contributed by atoms with E-state index in [4.69, 9.17) is 11.6 Å². The van der Waals surface area contributed by atoms with Gasteiger partial charge in [0.05, 0.1) is 5.56 Å². The minimum Gasteiger partial charge on any atom is -0.323 e. The summed E-state index contributed by atoms with van der Waals surface area (Å²) in [5.74, 6) is -0.456. The number of carbonyl (C=O) groups excluding carboxylic acids is 1. The molecule has 0 fully saturated rings. The third-order valence-electron chi connectivity index (χ3n) is 3.06. The topological polar surface area (TPSA) is 29.1 Å². The highest BCUT2D eigenvalue weighted by Crippen LogP contribution is 2.32. The zero-order valence-electron chi connectivity index (χ0n) is 12.1. The van der Waals surface area contributed by atoms with Crippen LogP contribution in [0.2, 0.25) is 5.02 Å². The maximum absolute atomic E-state index is 12.7. The summed E-state index contributed by atoms with van der Waals surface area (Å²) in [5, 5.41) is 2.75. The molecule has 23 heavy (non-hydrogen) atoms. The molecule has 0 radical (unpaired) electrons. The standard InChI is InChI=1S/C17H13ClF3NO/c1-11-2-6-14(7-3-11)22-16(23)9-4-12-10-13(17(19,20)21)5-8-15(12)18/h2-10H,1H3,(H,22,23)/b9-4+. The number of benzene rings is 2. The maximum Gasteiger partial charge on any atom is 0.416 e. The molecule has 0 unspecified atom stereocenters. The Labute approximate surface area is 136 Å².